The average molecular weight is 741 g/mol. The first-order valence-electron chi connectivity index (χ1n) is 20.9. The van der Waals surface area contributed by atoms with E-state index in [0.29, 0.717) is 17.4 Å². The van der Waals surface area contributed by atoms with E-state index in [0.717, 1.165) is 57.8 Å². The van der Waals surface area contributed by atoms with Crippen molar-refractivity contribution in [2.45, 2.75) is 187 Å². The Balaban J connectivity index is 4.55. The minimum Gasteiger partial charge on any atom is -0.756 e. The molecule has 2 N–H and O–H groups in total. The van der Waals surface area contributed by atoms with E-state index in [-0.39, 0.29) is 12.5 Å². The summed E-state index contributed by atoms with van der Waals surface area (Å²) in [4.78, 5) is 25.2. The maximum absolute atomic E-state index is 12.8. The summed E-state index contributed by atoms with van der Waals surface area (Å²) in [6.45, 7) is 4.59. The first-order chi connectivity index (χ1) is 24.5. The lowest BCUT2D eigenvalue weighted by molar-refractivity contribution is -0.870. The van der Waals surface area contributed by atoms with Gasteiger partial charge in [0.05, 0.1) is 39.9 Å². The zero-order chi connectivity index (χ0) is 37.9. The van der Waals surface area contributed by atoms with Crippen LogP contribution in [-0.4, -0.2) is 68.5 Å². The number of nitrogens with zero attached hydrogens (tertiary/aromatic N) is 1. The smallest absolute Gasteiger partial charge is 0.268 e. The van der Waals surface area contributed by atoms with Crippen LogP contribution in [0.3, 0.4) is 0 Å². The van der Waals surface area contributed by atoms with Gasteiger partial charge < -0.3 is 28.8 Å². The molecule has 51 heavy (non-hydrogen) atoms. The Labute approximate surface area is 315 Å². The zero-order valence-electron chi connectivity index (χ0n) is 33.8. The predicted molar refractivity (Wildman–Crippen MR) is 215 cm³/mol. The second-order valence-electron chi connectivity index (χ2n) is 15.3. The number of quaternary nitrogens is 1. The van der Waals surface area contributed by atoms with Crippen LogP contribution in [0.2, 0.25) is 0 Å². The Morgan fingerprint density at radius 3 is 1.59 bits per heavy atom. The van der Waals surface area contributed by atoms with E-state index >= 15 is 0 Å². The van der Waals surface area contributed by atoms with E-state index in [1.54, 1.807) is 6.08 Å². The van der Waals surface area contributed by atoms with Crippen molar-refractivity contribution in [2.24, 2.45) is 0 Å². The van der Waals surface area contributed by atoms with Crippen molar-refractivity contribution >= 4 is 13.7 Å². The molecule has 0 fully saturated rings. The molecule has 0 aromatic rings. The fourth-order valence-corrected chi connectivity index (χ4v) is 6.41. The molecule has 0 saturated heterocycles. The number of allylic oxidation sites excluding steroid dienone is 5. The van der Waals surface area contributed by atoms with Crippen LogP contribution in [0.1, 0.15) is 174 Å². The van der Waals surface area contributed by atoms with Crippen LogP contribution in [0.4, 0.5) is 0 Å². The van der Waals surface area contributed by atoms with E-state index in [2.05, 4.69) is 43.5 Å². The number of phosphoric ester groups is 1. The highest BCUT2D eigenvalue weighted by Crippen LogP contribution is 2.38. The van der Waals surface area contributed by atoms with Gasteiger partial charge >= 0.3 is 0 Å². The Morgan fingerprint density at radius 2 is 1.10 bits per heavy atom. The number of likely N-dealkylation sites (N-methyl/N-ethyl adjacent to an activating group) is 1. The summed E-state index contributed by atoms with van der Waals surface area (Å²) in [7, 11) is 1.23. The average Bonchev–Trinajstić information content (AvgIpc) is 3.07. The molecule has 300 valence electrons. The van der Waals surface area contributed by atoms with Crippen LogP contribution in [0.5, 0.6) is 0 Å². The normalized spacial score (nSPS) is 14.9. The highest BCUT2D eigenvalue weighted by atomic mass is 31.2. The first-order valence-corrected chi connectivity index (χ1v) is 22.3. The fraction of sp³-hybridized carbons (Fsp3) is 0.833. The van der Waals surface area contributed by atoms with E-state index < -0.39 is 26.6 Å². The number of carbonyl (C=O) groups is 1. The molecule has 8 nitrogen and oxygen atoms in total. The van der Waals surface area contributed by atoms with Crippen LogP contribution in [0.25, 0.3) is 0 Å². The van der Waals surface area contributed by atoms with Gasteiger partial charge in [0.25, 0.3) is 7.82 Å². The summed E-state index contributed by atoms with van der Waals surface area (Å²) in [5.74, 6) is -0.218. The van der Waals surface area contributed by atoms with Gasteiger partial charge in [0, 0.05) is 6.42 Å². The van der Waals surface area contributed by atoms with Crippen molar-refractivity contribution in [1.29, 1.82) is 0 Å². The highest BCUT2D eigenvalue weighted by molar-refractivity contribution is 7.45. The number of hydrogen-bond donors (Lipinski definition) is 2. The molecule has 0 aliphatic rings. The molecule has 0 aromatic carbocycles. The maximum Gasteiger partial charge on any atom is 0.268 e. The number of phosphoric acid groups is 1. The number of amides is 1. The lowest BCUT2D eigenvalue weighted by Crippen LogP contribution is -2.45. The van der Waals surface area contributed by atoms with E-state index in [1.165, 1.54) is 96.3 Å². The quantitative estimate of drug-likeness (QED) is 0.0284. The SMILES string of the molecule is CCCCCCC/C=C\CCCCCCCC(=O)NC(COP(=O)([O-])OCC[N+](C)(C)C)C(O)/C=C/CC/C=C/CCCCCCCCCCC. The van der Waals surface area contributed by atoms with Crippen molar-refractivity contribution in [2.75, 3.05) is 40.9 Å². The monoisotopic (exact) mass is 741 g/mol. The molecule has 0 saturated carbocycles. The summed E-state index contributed by atoms with van der Waals surface area (Å²) in [6.07, 6.45) is 40.4. The van der Waals surface area contributed by atoms with Crippen molar-refractivity contribution in [1.82, 2.24) is 5.32 Å². The number of aliphatic hydroxyl groups excluding tert-OH is 1. The molecule has 0 aliphatic carbocycles. The number of hydrogen-bond acceptors (Lipinski definition) is 6. The largest absolute Gasteiger partial charge is 0.756 e. The first kappa shape index (κ1) is 49.7. The molecular formula is C42H81N2O6P. The molecule has 0 spiro atoms. The standard InChI is InChI=1S/C42H81N2O6P/c1-6-8-10-12-14-16-18-20-22-23-25-27-29-31-33-35-41(45)40(39-50-51(47,48)49-38-37-44(3,4)5)43-42(46)36-34-32-30-28-26-24-21-19-17-15-13-11-9-7-2/h19,21,25,27,33,35,40-41,45H,6-18,20,22-24,26,28-32,34,36-39H2,1-5H3,(H-,43,46,47,48)/b21-19-,27-25+,35-33+. The lowest BCUT2D eigenvalue weighted by Gasteiger charge is -2.29. The molecule has 3 atom stereocenters. The predicted octanol–water partition coefficient (Wildman–Crippen LogP) is 10.5. The Kier molecular flexibility index (Phi) is 33.6. The van der Waals surface area contributed by atoms with Crippen molar-refractivity contribution < 1.29 is 32.9 Å². The van der Waals surface area contributed by atoms with Gasteiger partial charge in [-0.25, -0.2) is 0 Å². The van der Waals surface area contributed by atoms with E-state index in [4.69, 9.17) is 9.05 Å². The number of unbranched alkanes of at least 4 members (excludes halogenated alkanes) is 20. The van der Waals surface area contributed by atoms with Crippen molar-refractivity contribution in [3.63, 3.8) is 0 Å². The van der Waals surface area contributed by atoms with Crippen LogP contribution in [0, 0.1) is 0 Å². The minimum atomic E-state index is -4.59. The zero-order valence-corrected chi connectivity index (χ0v) is 34.7. The topological polar surface area (TPSA) is 108 Å². The third kappa shape index (κ3) is 36.9. The summed E-state index contributed by atoms with van der Waals surface area (Å²) >= 11 is 0. The Bertz CT molecular complexity index is 933. The minimum absolute atomic E-state index is 0.00812. The van der Waals surface area contributed by atoms with Gasteiger partial charge in [-0.3, -0.25) is 9.36 Å². The highest BCUT2D eigenvalue weighted by Gasteiger charge is 2.23. The van der Waals surface area contributed by atoms with Crippen molar-refractivity contribution in [3.8, 4) is 0 Å². The summed E-state index contributed by atoms with van der Waals surface area (Å²) in [5.41, 5.74) is 0. The number of carbonyl (C=O) groups excluding carboxylic acids is 1. The van der Waals surface area contributed by atoms with Crippen LogP contribution in [-0.2, 0) is 18.4 Å². The van der Waals surface area contributed by atoms with Crippen LogP contribution >= 0.6 is 7.82 Å². The molecular weight excluding hydrogens is 659 g/mol. The Morgan fingerprint density at radius 1 is 0.667 bits per heavy atom. The molecule has 3 unspecified atom stereocenters. The molecule has 0 radical (unpaired) electrons. The van der Waals surface area contributed by atoms with Gasteiger partial charge in [0.15, 0.2) is 0 Å². The third-order valence-corrected chi connectivity index (χ3v) is 10.0. The molecule has 1 amide bonds. The molecule has 0 heterocycles. The van der Waals surface area contributed by atoms with Gasteiger partial charge in [-0.1, -0.05) is 147 Å². The number of nitrogens with one attached hydrogen (secondary N) is 1. The number of aliphatic hydroxyl groups is 1. The van der Waals surface area contributed by atoms with Gasteiger partial charge in [0.1, 0.15) is 13.2 Å². The second kappa shape index (κ2) is 34.5. The van der Waals surface area contributed by atoms with Gasteiger partial charge in [-0.15, -0.1) is 0 Å². The Hall–Kier alpha value is -1.28. The van der Waals surface area contributed by atoms with Gasteiger partial charge in [-0.05, 0) is 57.8 Å². The molecule has 0 rings (SSSR count). The van der Waals surface area contributed by atoms with Gasteiger partial charge in [-0.2, -0.15) is 0 Å². The van der Waals surface area contributed by atoms with Gasteiger partial charge in [0.2, 0.25) is 5.91 Å². The maximum atomic E-state index is 12.8. The molecule has 0 bridgehead atoms. The molecule has 0 aliphatic heterocycles. The third-order valence-electron chi connectivity index (χ3n) is 9.07. The molecule has 0 aromatic heterocycles. The fourth-order valence-electron chi connectivity index (χ4n) is 5.69. The summed E-state index contributed by atoms with van der Waals surface area (Å²) in [5, 5.41) is 13.7. The van der Waals surface area contributed by atoms with Crippen molar-refractivity contribution in [3.05, 3.63) is 36.5 Å². The van der Waals surface area contributed by atoms with Crippen LogP contribution in [0.15, 0.2) is 36.5 Å². The summed E-state index contributed by atoms with van der Waals surface area (Å²) in [6, 6.07) is -0.904. The van der Waals surface area contributed by atoms with E-state index in [9.17, 15) is 19.4 Å². The number of rotatable bonds is 37. The van der Waals surface area contributed by atoms with Crippen LogP contribution < -0.4 is 10.2 Å². The summed E-state index contributed by atoms with van der Waals surface area (Å²) < 4.78 is 23.1. The van der Waals surface area contributed by atoms with E-state index in [1.807, 2.05) is 27.2 Å². The molecule has 9 heteroatoms. The second-order valence-corrected chi connectivity index (χ2v) is 16.7. The lowest BCUT2D eigenvalue weighted by atomic mass is 10.1.